The molecule has 1 amide bonds. The summed E-state index contributed by atoms with van der Waals surface area (Å²) in [5.41, 5.74) is 8.26. The van der Waals surface area contributed by atoms with Gasteiger partial charge in [0.1, 0.15) is 12.1 Å². The molecule has 4 N–H and O–H groups in total. The molecule has 8 heteroatoms. The van der Waals surface area contributed by atoms with Crippen molar-refractivity contribution in [2.75, 3.05) is 39.8 Å². The molecule has 0 bridgehead atoms. The van der Waals surface area contributed by atoms with Crippen molar-refractivity contribution in [3.63, 3.8) is 0 Å². The van der Waals surface area contributed by atoms with Gasteiger partial charge in [0.25, 0.3) is 0 Å². The Hall–Kier alpha value is -1.64. The molecule has 34 heavy (non-hydrogen) atoms. The fourth-order valence-corrected chi connectivity index (χ4v) is 4.96. The first-order chi connectivity index (χ1) is 16.3. The molecular weight excluding hydrogens is 431 g/mol. The number of nitrogens with one attached hydrogen (secondary N) is 2. The van der Waals surface area contributed by atoms with E-state index in [1.165, 1.54) is 5.71 Å². The fourth-order valence-electron chi connectivity index (χ4n) is 4.96. The molecule has 1 saturated heterocycles. The Morgan fingerprint density at radius 1 is 1.35 bits per heavy atom. The number of halogens is 1. The summed E-state index contributed by atoms with van der Waals surface area (Å²) in [5.74, 6) is 0.0904. The van der Waals surface area contributed by atoms with Crippen LogP contribution < -0.4 is 16.4 Å². The van der Waals surface area contributed by atoms with Crippen molar-refractivity contribution in [2.24, 2.45) is 33.5 Å². The highest BCUT2D eigenvalue weighted by atomic mass is 19.1. The van der Waals surface area contributed by atoms with Crippen LogP contribution in [0.4, 0.5) is 4.39 Å². The van der Waals surface area contributed by atoms with E-state index in [2.05, 4.69) is 47.5 Å². The minimum atomic E-state index is -1.01. The second-order valence-corrected chi connectivity index (χ2v) is 9.98. The highest BCUT2D eigenvalue weighted by molar-refractivity contribution is 6.04. The molecule has 0 aromatic carbocycles. The van der Waals surface area contributed by atoms with Gasteiger partial charge in [0, 0.05) is 37.1 Å². The molecule has 0 aromatic rings. The lowest BCUT2D eigenvalue weighted by molar-refractivity contribution is -0.125. The molecule has 2 heterocycles. The SMILES string of the molecule is CC/C=C\CNC(N)C(C(=O)NC1CN(C)CCC1C1CCC(C)=NC1)/C(C)=N/CC(F)CC. The predicted molar refractivity (Wildman–Crippen MR) is 140 cm³/mol. The number of amides is 1. The summed E-state index contributed by atoms with van der Waals surface area (Å²) in [6.45, 7) is 11.1. The topological polar surface area (TPSA) is 95.1 Å². The van der Waals surface area contributed by atoms with Crippen LogP contribution in [0.5, 0.6) is 0 Å². The van der Waals surface area contributed by atoms with Crippen molar-refractivity contribution in [2.45, 2.75) is 78.2 Å². The first-order valence-electron chi connectivity index (χ1n) is 13.0. The second kappa shape index (κ2) is 14.7. The van der Waals surface area contributed by atoms with E-state index >= 15 is 0 Å². The Kier molecular flexibility index (Phi) is 12.4. The van der Waals surface area contributed by atoms with Gasteiger partial charge in [-0.25, -0.2) is 4.39 Å². The van der Waals surface area contributed by atoms with Gasteiger partial charge in [-0.15, -0.1) is 0 Å². The maximum Gasteiger partial charge on any atom is 0.231 e. The zero-order chi connectivity index (χ0) is 25.1. The van der Waals surface area contributed by atoms with E-state index in [0.717, 1.165) is 45.3 Å². The van der Waals surface area contributed by atoms with Crippen LogP contribution in [0, 0.1) is 17.8 Å². The Morgan fingerprint density at radius 2 is 2.12 bits per heavy atom. The minimum Gasteiger partial charge on any atom is -0.351 e. The van der Waals surface area contributed by atoms with E-state index in [1.807, 2.05) is 6.08 Å². The van der Waals surface area contributed by atoms with Gasteiger partial charge in [-0.3, -0.25) is 20.1 Å². The molecule has 7 nitrogen and oxygen atoms in total. The number of carbonyl (C=O) groups excluding carboxylic acids is 1. The zero-order valence-electron chi connectivity index (χ0n) is 21.9. The van der Waals surface area contributed by atoms with Crippen LogP contribution in [-0.4, -0.2) is 80.4 Å². The number of hydrogen-bond acceptors (Lipinski definition) is 6. The maximum atomic E-state index is 13.9. The smallest absolute Gasteiger partial charge is 0.231 e. The molecule has 0 radical (unpaired) electrons. The molecule has 2 rings (SSSR count). The third-order valence-corrected chi connectivity index (χ3v) is 7.22. The van der Waals surface area contributed by atoms with Crippen molar-refractivity contribution in [1.29, 1.82) is 0 Å². The number of nitrogens with zero attached hydrogens (tertiary/aromatic N) is 3. The summed E-state index contributed by atoms with van der Waals surface area (Å²) < 4.78 is 13.9. The van der Waals surface area contributed by atoms with E-state index < -0.39 is 18.3 Å². The summed E-state index contributed by atoms with van der Waals surface area (Å²) in [7, 11) is 2.10. The molecule has 0 spiro atoms. The van der Waals surface area contributed by atoms with Crippen molar-refractivity contribution in [3.8, 4) is 0 Å². The number of likely N-dealkylation sites (tertiary alicyclic amines) is 1. The molecule has 6 atom stereocenters. The van der Waals surface area contributed by atoms with E-state index in [1.54, 1.807) is 13.8 Å². The number of carbonyl (C=O) groups is 1. The molecule has 0 aliphatic carbocycles. The molecular formula is C26H47FN6O. The number of nitrogens with two attached hydrogens (primary N) is 1. The van der Waals surface area contributed by atoms with E-state index in [9.17, 15) is 9.18 Å². The molecule has 0 saturated carbocycles. The van der Waals surface area contributed by atoms with Crippen LogP contribution in [0.3, 0.4) is 0 Å². The summed E-state index contributed by atoms with van der Waals surface area (Å²) in [6.07, 6.45) is 7.00. The minimum absolute atomic E-state index is 0.0388. The van der Waals surface area contributed by atoms with E-state index in [0.29, 0.717) is 30.5 Å². The van der Waals surface area contributed by atoms with Gasteiger partial charge in [-0.1, -0.05) is 26.0 Å². The van der Waals surface area contributed by atoms with Gasteiger partial charge >= 0.3 is 0 Å². The quantitative estimate of drug-likeness (QED) is 0.228. The molecule has 2 aliphatic rings. The first kappa shape index (κ1) is 28.6. The van der Waals surface area contributed by atoms with Crippen molar-refractivity contribution < 1.29 is 9.18 Å². The number of piperidine rings is 1. The lowest BCUT2D eigenvalue weighted by Crippen LogP contribution is -2.59. The summed E-state index contributed by atoms with van der Waals surface area (Å²) in [5, 5.41) is 6.57. The van der Waals surface area contributed by atoms with Gasteiger partial charge in [-0.2, -0.15) is 0 Å². The van der Waals surface area contributed by atoms with Crippen LogP contribution >= 0.6 is 0 Å². The van der Waals surface area contributed by atoms with Crippen molar-refractivity contribution in [3.05, 3.63) is 12.2 Å². The summed E-state index contributed by atoms with van der Waals surface area (Å²) in [4.78, 5) is 25.0. The Morgan fingerprint density at radius 3 is 2.76 bits per heavy atom. The monoisotopic (exact) mass is 478 g/mol. The summed E-state index contributed by atoms with van der Waals surface area (Å²) >= 11 is 0. The fraction of sp³-hybridized carbons (Fsp3) is 0.808. The molecule has 194 valence electrons. The van der Waals surface area contributed by atoms with Crippen molar-refractivity contribution >= 4 is 17.3 Å². The average molecular weight is 479 g/mol. The highest BCUT2D eigenvalue weighted by Crippen LogP contribution is 2.31. The van der Waals surface area contributed by atoms with Gasteiger partial charge in [-0.05, 0) is 71.4 Å². The Bertz CT molecular complexity index is 724. The third kappa shape index (κ3) is 8.86. The number of alkyl halides is 1. The van der Waals surface area contributed by atoms with Crippen LogP contribution in [-0.2, 0) is 4.79 Å². The highest BCUT2D eigenvalue weighted by Gasteiger charge is 2.37. The zero-order valence-corrected chi connectivity index (χ0v) is 21.9. The molecule has 0 aromatic heterocycles. The van der Waals surface area contributed by atoms with E-state index in [4.69, 9.17) is 10.7 Å². The maximum absolute atomic E-state index is 13.9. The largest absolute Gasteiger partial charge is 0.351 e. The molecule has 1 fully saturated rings. The van der Waals surface area contributed by atoms with Gasteiger partial charge in [0.2, 0.25) is 5.91 Å². The number of hydrogen-bond donors (Lipinski definition) is 3. The average Bonchev–Trinajstić information content (AvgIpc) is 2.81. The van der Waals surface area contributed by atoms with Crippen molar-refractivity contribution in [1.82, 2.24) is 15.5 Å². The molecule has 2 aliphatic heterocycles. The lowest BCUT2D eigenvalue weighted by Gasteiger charge is -2.42. The van der Waals surface area contributed by atoms with Gasteiger partial charge < -0.3 is 16.0 Å². The lowest BCUT2D eigenvalue weighted by atomic mass is 9.77. The van der Waals surface area contributed by atoms with Gasteiger partial charge in [0.15, 0.2) is 0 Å². The number of likely N-dealkylation sites (N-methyl/N-ethyl adjacent to an activating group) is 1. The van der Waals surface area contributed by atoms with Gasteiger partial charge in [0.05, 0.1) is 12.7 Å². The van der Waals surface area contributed by atoms with Crippen LogP contribution in [0.25, 0.3) is 0 Å². The van der Waals surface area contributed by atoms with Crippen LogP contribution in [0.1, 0.15) is 59.8 Å². The Labute approximate surface area is 205 Å². The normalized spacial score (nSPS) is 27.3. The Balaban J connectivity index is 2.17. The predicted octanol–water partition coefficient (Wildman–Crippen LogP) is 2.96. The molecule has 6 unspecified atom stereocenters. The number of aliphatic imine (C=N–C) groups is 2. The standard InChI is InChI=1S/C26H47FN6O/c1-6-8-9-13-29-25(28)24(19(4)31-16-21(27)7-2)26(34)32-23-17-33(5)14-12-22(23)20-11-10-18(3)30-15-20/h8-9,20-25,29H,6-7,10-17,28H2,1-5H3,(H,32,34)/b9-8-,31-19+. The van der Waals surface area contributed by atoms with Crippen LogP contribution in [0.15, 0.2) is 22.1 Å². The number of rotatable bonds is 12. The first-order valence-corrected chi connectivity index (χ1v) is 13.0. The second-order valence-electron chi connectivity index (χ2n) is 9.98. The third-order valence-electron chi connectivity index (χ3n) is 7.22. The number of allylic oxidation sites excluding steroid dienone is 1. The van der Waals surface area contributed by atoms with E-state index in [-0.39, 0.29) is 18.5 Å². The van der Waals surface area contributed by atoms with Crippen LogP contribution in [0.2, 0.25) is 0 Å². The summed E-state index contributed by atoms with van der Waals surface area (Å²) in [6, 6.07) is 0.0388.